The van der Waals surface area contributed by atoms with E-state index in [0.29, 0.717) is 38.9 Å². The van der Waals surface area contributed by atoms with Crippen molar-refractivity contribution in [1.29, 1.82) is 0 Å². The number of ketones is 1. The third kappa shape index (κ3) is 8.90. The number of nitrogens with zero attached hydrogens (tertiary/aromatic N) is 1. The molecule has 0 saturated heterocycles. The first-order chi connectivity index (χ1) is 23.3. The van der Waals surface area contributed by atoms with E-state index in [-0.39, 0.29) is 56.2 Å². The van der Waals surface area contributed by atoms with E-state index in [4.69, 9.17) is 41.0 Å². The number of halogens is 1. The van der Waals surface area contributed by atoms with Crippen molar-refractivity contribution >= 4 is 46.6 Å². The van der Waals surface area contributed by atoms with Crippen LogP contribution < -0.4 is 20.1 Å². The SMILES string of the molecule is CCOC(=O)CCc1cccc(C(=O)C[C@H]2O[C@H](c3cccc(OC)c3OC)c3cc(Cl)ccc3N(CC(C)(C)COC(C)=O)C2=O)c1N. The van der Waals surface area contributed by atoms with Crippen molar-refractivity contribution in [2.45, 2.75) is 59.2 Å². The van der Waals surface area contributed by atoms with Crippen molar-refractivity contribution in [1.82, 2.24) is 0 Å². The molecule has 0 saturated carbocycles. The number of hydrogen-bond acceptors (Lipinski definition) is 10. The van der Waals surface area contributed by atoms with Crippen molar-refractivity contribution in [2.24, 2.45) is 5.41 Å². The summed E-state index contributed by atoms with van der Waals surface area (Å²) in [7, 11) is 3.02. The van der Waals surface area contributed by atoms with Crippen LogP contribution in [0.25, 0.3) is 0 Å². The normalized spacial score (nSPS) is 16.0. The molecule has 0 bridgehead atoms. The number of hydrogen-bond donors (Lipinski definition) is 1. The zero-order valence-electron chi connectivity index (χ0n) is 28.7. The van der Waals surface area contributed by atoms with Crippen LogP contribution in [-0.4, -0.2) is 63.7 Å². The number of carbonyl (C=O) groups is 4. The van der Waals surface area contributed by atoms with Crippen LogP contribution in [0.3, 0.4) is 0 Å². The first-order valence-corrected chi connectivity index (χ1v) is 16.3. The van der Waals surface area contributed by atoms with Crippen LogP contribution in [-0.2, 0) is 35.0 Å². The second-order valence-corrected chi connectivity index (χ2v) is 12.9. The average molecular weight is 695 g/mol. The highest BCUT2D eigenvalue weighted by Gasteiger charge is 2.41. The van der Waals surface area contributed by atoms with Crippen LogP contribution in [0.1, 0.15) is 73.7 Å². The minimum atomic E-state index is -1.29. The number of fused-ring (bicyclic) bond motifs is 1. The molecular weight excluding hydrogens is 652 g/mol. The van der Waals surface area contributed by atoms with Crippen LogP contribution in [0, 0.1) is 5.41 Å². The van der Waals surface area contributed by atoms with Crippen LogP contribution in [0.15, 0.2) is 54.6 Å². The summed E-state index contributed by atoms with van der Waals surface area (Å²) in [6.07, 6.45) is -2.18. The van der Waals surface area contributed by atoms with E-state index in [1.807, 2.05) is 13.8 Å². The number of benzene rings is 3. The van der Waals surface area contributed by atoms with Gasteiger partial charge in [-0.1, -0.05) is 49.7 Å². The molecule has 3 aromatic rings. The Kier molecular flexibility index (Phi) is 12.3. The largest absolute Gasteiger partial charge is 0.493 e. The lowest BCUT2D eigenvalue weighted by atomic mass is 9.92. The number of rotatable bonds is 14. The Labute approximate surface area is 291 Å². The van der Waals surface area contributed by atoms with Crippen molar-refractivity contribution in [3.05, 3.63) is 81.9 Å². The van der Waals surface area contributed by atoms with Gasteiger partial charge in [0.2, 0.25) is 0 Å². The van der Waals surface area contributed by atoms with E-state index in [9.17, 15) is 19.2 Å². The Morgan fingerprint density at radius 2 is 1.73 bits per heavy atom. The number of anilines is 2. The van der Waals surface area contributed by atoms with Gasteiger partial charge in [0.05, 0.1) is 27.4 Å². The predicted molar refractivity (Wildman–Crippen MR) is 185 cm³/mol. The summed E-state index contributed by atoms with van der Waals surface area (Å²) in [5, 5.41) is 0.405. The highest BCUT2D eigenvalue weighted by molar-refractivity contribution is 6.30. The monoisotopic (exact) mass is 694 g/mol. The number of methoxy groups -OCH3 is 2. The molecule has 2 N–H and O–H groups in total. The Balaban J connectivity index is 1.80. The molecule has 4 rings (SSSR count). The topological polar surface area (TPSA) is 144 Å². The summed E-state index contributed by atoms with van der Waals surface area (Å²) in [6.45, 7) is 7.22. The van der Waals surface area contributed by atoms with E-state index >= 15 is 0 Å². The van der Waals surface area contributed by atoms with Gasteiger partial charge >= 0.3 is 11.9 Å². The summed E-state index contributed by atoms with van der Waals surface area (Å²) >= 11 is 6.54. The van der Waals surface area contributed by atoms with E-state index < -0.39 is 35.3 Å². The second kappa shape index (κ2) is 16.2. The number of para-hydroxylation sites is 2. The summed E-state index contributed by atoms with van der Waals surface area (Å²) in [5.41, 5.74) is 8.43. The number of esters is 2. The van der Waals surface area contributed by atoms with Gasteiger partial charge in [-0.3, -0.25) is 19.2 Å². The fourth-order valence-corrected chi connectivity index (χ4v) is 6.00. The Morgan fingerprint density at radius 3 is 2.41 bits per heavy atom. The van der Waals surface area contributed by atoms with Gasteiger partial charge in [-0.15, -0.1) is 0 Å². The summed E-state index contributed by atoms with van der Waals surface area (Å²) in [4.78, 5) is 53.8. The molecule has 3 aromatic carbocycles. The van der Waals surface area contributed by atoms with Crippen LogP contribution in [0.5, 0.6) is 11.5 Å². The van der Waals surface area contributed by atoms with Crippen LogP contribution >= 0.6 is 11.6 Å². The average Bonchev–Trinajstić information content (AvgIpc) is 3.16. The van der Waals surface area contributed by atoms with Crippen molar-refractivity contribution < 1.29 is 42.9 Å². The molecule has 1 heterocycles. The van der Waals surface area contributed by atoms with Gasteiger partial charge in [-0.2, -0.15) is 0 Å². The van der Waals surface area contributed by atoms with Gasteiger partial charge in [0.1, 0.15) is 12.2 Å². The van der Waals surface area contributed by atoms with Crippen LogP contribution in [0.4, 0.5) is 11.4 Å². The molecule has 11 nitrogen and oxygen atoms in total. The van der Waals surface area contributed by atoms with Gasteiger partial charge in [0.15, 0.2) is 17.3 Å². The summed E-state index contributed by atoms with van der Waals surface area (Å²) < 4.78 is 28.3. The number of ether oxygens (including phenoxy) is 5. The van der Waals surface area contributed by atoms with Gasteiger partial charge in [-0.25, -0.2) is 0 Å². The zero-order valence-corrected chi connectivity index (χ0v) is 29.4. The Morgan fingerprint density at radius 1 is 1.00 bits per heavy atom. The number of carbonyl (C=O) groups excluding carboxylic acids is 4. The lowest BCUT2D eigenvalue weighted by Crippen LogP contribution is -2.46. The molecule has 0 aliphatic carbocycles. The highest BCUT2D eigenvalue weighted by atomic mass is 35.5. The molecule has 262 valence electrons. The predicted octanol–water partition coefficient (Wildman–Crippen LogP) is 6.12. The molecule has 2 atom stereocenters. The fraction of sp³-hybridized carbons (Fsp3) is 0.405. The Bertz CT molecular complexity index is 1710. The van der Waals surface area contributed by atoms with E-state index in [0.717, 1.165) is 0 Å². The molecule has 0 fully saturated rings. The lowest BCUT2D eigenvalue weighted by molar-refractivity contribution is -0.144. The highest BCUT2D eigenvalue weighted by Crippen LogP contribution is 2.46. The first kappa shape index (κ1) is 37.2. The number of nitrogens with two attached hydrogens (primary N) is 1. The second-order valence-electron chi connectivity index (χ2n) is 12.5. The molecule has 0 aromatic heterocycles. The molecular formula is C37H43ClN2O9. The quantitative estimate of drug-likeness (QED) is 0.119. The number of amides is 1. The van der Waals surface area contributed by atoms with E-state index in [1.54, 1.807) is 66.4 Å². The van der Waals surface area contributed by atoms with Gasteiger partial charge in [-0.05, 0) is 49.2 Å². The van der Waals surface area contributed by atoms with Gasteiger partial charge in [0, 0.05) is 64.8 Å². The molecule has 1 aliphatic heterocycles. The van der Waals surface area contributed by atoms with Crippen molar-refractivity contribution in [2.75, 3.05) is 44.6 Å². The number of nitrogen functional groups attached to an aromatic ring is 1. The first-order valence-electron chi connectivity index (χ1n) is 16.0. The molecule has 49 heavy (non-hydrogen) atoms. The van der Waals surface area contributed by atoms with Crippen molar-refractivity contribution in [3.63, 3.8) is 0 Å². The molecule has 1 amide bonds. The minimum absolute atomic E-state index is 0.0434. The molecule has 1 aliphatic rings. The maximum Gasteiger partial charge on any atom is 0.306 e. The standard InChI is InChI=1S/C37H43ClN2O9/c1-7-47-32(43)17-14-23-10-8-11-25(33(23)39)29(42)19-31-36(44)40(20-37(3,4)21-48-22(2)41)28-16-15-24(38)18-27(28)34(49-31)26-12-9-13-30(45-5)35(26)46-6/h8-13,15-16,18,31,34H,7,14,17,19-21,39H2,1-6H3/t31-,34-/m1/s1. The Hall–Kier alpha value is -4.61. The molecule has 0 radical (unpaired) electrons. The van der Waals surface area contributed by atoms with Gasteiger partial charge in [0.25, 0.3) is 5.91 Å². The van der Waals surface area contributed by atoms with E-state index in [2.05, 4.69) is 0 Å². The summed E-state index contributed by atoms with van der Waals surface area (Å²) in [5.74, 6) is -0.877. The molecule has 0 unspecified atom stereocenters. The zero-order chi connectivity index (χ0) is 35.9. The number of aryl methyl sites for hydroxylation is 1. The fourth-order valence-electron chi connectivity index (χ4n) is 5.82. The third-order valence-electron chi connectivity index (χ3n) is 8.14. The maximum atomic E-state index is 14.6. The van der Waals surface area contributed by atoms with Crippen molar-refractivity contribution in [3.8, 4) is 11.5 Å². The molecule has 0 spiro atoms. The third-order valence-corrected chi connectivity index (χ3v) is 8.38. The van der Waals surface area contributed by atoms with Gasteiger partial charge < -0.3 is 34.3 Å². The van der Waals surface area contributed by atoms with Crippen LogP contribution in [0.2, 0.25) is 5.02 Å². The maximum absolute atomic E-state index is 14.6. The summed E-state index contributed by atoms with van der Waals surface area (Å²) in [6, 6.07) is 15.5. The lowest BCUT2D eigenvalue weighted by Gasteiger charge is -2.33. The molecule has 12 heteroatoms. The smallest absolute Gasteiger partial charge is 0.306 e. The minimum Gasteiger partial charge on any atom is -0.493 e. The number of Topliss-reactive ketones (excluding diaryl/α,β-unsaturated/α-hetero) is 1. The van der Waals surface area contributed by atoms with E-state index in [1.165, 1.54) is 21.1 Å².